The number of benzene rings is 3. The normalized spacial score (nSPS) is 10.9. The van der Waals surface area contributed by atoms with Gasteiger partial charge in [-0.1, -0.05) is 66.7 Å². The van der Waals surface area contributed by atoms with Gasteiger partial charge in [-0.15, -0.1) is 0 Å². The Hall–Kier alpha value is -4.25. The van der Waals surface area contributed by atoms with E-state index >= 15 is 0 Å². The predicted octanol–water partition coefficient (Wildman–Crippen LogP) is 5.33. The number of nitrogens with zero attached hydrogens (tertiary/aromatic N) is 2. The molecule has 0 bridgehead atoms. The van der Waals surface area contributed by atoms with Crippen LogP contribution >= 0.6 is 0 Å². The number of carbonyl (C=O) groups is 2. The molecule has 3 aromatic carbocycles. The summed E-state index contributed by atoms with van der Waals surface area (Å²) in [6.07, 6.45) is 4.69. The van der Waals surface area contributed by atoms with Gasteiger partial charge in [0.1, 0.15) is 0 Å². The Labute approximate surface area is 193 Å². The van der Waals surface area contributed by atoms with E-state index in [1.807, 2.05) is 91.9 Å². The van der Waals surface area contributed by atoms with Crippen LogP contribution in [-0.2, 0) is 20.9 Å². The number of esters is 1. The molecule has 1 aromatic heterocycles. The van der Waals surface area contributed by atoms with Gasteiger partial charge >= 0.3 is 5.97 Å². The molecule has 4 aromatic rings. The quantitative estimate of drug-likeness (QED) is 0.290. The van der Waals surface area contributed by atoms with E-state index in [-0.39, 0.29) is 12.5 Å². The molecule has 33 heavy (non-hydrogen) atoms. The maximum absolute atomic E-state index is 13.0. The van der Waals surface area contributed by atoms with E-state index in [9.17, 15) is 9.59 Å². The third kappa shape index (κ3) is 5.71. The smallest absolute Gasteiger partial charge is 0.331 e. The summed E-state index contributed by atoms with van der Waals surface area (Å²) in [5.41, 5.74) is 4.40. The van der Waals surface area contributed by atoms with Crippen LogP contribution in [0.25, 0.3) is 17.0 Å². The van der Waals surface area contributed by atoms with Gasteiger partial charge in [-0.2, -0.15) is 0 Å². The topological polar surface area (TPSA) is 59.5 Å². The van der Waals surface area contributed by atoms with Gasteiger partial charge in [-0.25, -0.2) is 4.79 Å². The Bertz CT molecular complexity index is 1290. The van der Waals surface area contributed by atoms with Crippen molar-refractivity contribution in [2.24, 2.45) is 0 Å². The lowest BCUT2D eigenvalue weighted by Crippen LogP contribution is -2.34. The molecule has 0 atom stereocenters. The first-order valence-electron chi connectivity index (χ1n) is 10.7. The zero-order chi connectivity index (χ0) is 23.0. The number of pyridine rings is 1. The van der Waals surface area contributed by atoms with Crippen molar-refractivity contribution in [3.05, 3.63) is 114 Å². The zero-order valence-electron chi connectivity index (χ0n) is 18.3. The van der Waals surface area contributed by atoms with Crippen LogP contribution in [0.4, 0.5) is 5.69 Å². The molecule has 0 radical (unpaired) electrons. The maximum Gasteiger partial charge on any atom is 0.331 e. The van der Waals surface area contributed by atoms with Crippen molar-refractivity contribution < 1.29 is 14.3 Å². The van der Waals surface area contributed by atoms with Gasteiger partial charge in [-0.05, 0) is 42.3 Å². The number of hydrogen-bond acceptors (Lipinski definition) is 4. The molecule has 0 unspecified atom stereocenters. The molecule has 5 heteroatoms. The highest BCUT2D eigenvalue weighted by atomic mass is 16.5. The fourth-order valence-electron chi connectivity index (χ4n) is 3.56. The number of aromatic nitrogens is 1. The fourth-order valence-corrected chi connectivity index (χ4v) is 3.56. The Balaban J connectivity index is 1.45. The standard InChI is InChI=1S/C28H24N2O3/c1-21-8-5-14-25(18-21)30(19-22-9-3-2-4-10-22)26(31)20-33-27(32)16-15-24-12-6-11-23-13-7-17-29-28(23)24/h2-18H,19-20H2,1H3/b16-15+. The minimum absolute atomic E-state index is 0.293. The van der Waals surface area contributed by atoms with Crippen molar-refractivity contribution in [2.45, 2.75) is 13.5 Å². The highest BCUT2D eigenvalue weighted by molar-refractivity contribution is 5.97. The molecule has 0 saturated carbocycles. The van der Waals surface area contributed by atoms with Crippen LogP contribution < -0.4 is 4.90 Å². The van der Waals surface area contributed by atoms with E-state index in [1.165, 1.54) is 6.08 Å². The van der Waals surface area contributed by atoms with Crippen LogP contribution in [0.2, 0.25) is 0 Å². The minimum atomic E-state index is -0.583. The Morgan fingerprint density at radius 3 is 2.55 bits per heavy atom. The van der Waals surface area contributed by atoms with E-state index in [4.69, 9.17) is 4.74 Å². The first kappa shape index (κ1) is 22.0. The first-order valence-corrected chi connectivity index (χ1v) is 10.7. The predicted molar refractivity (Wildman–Crippen MR) is 131 cm³/mol. The second-order valence-corrected chi connectivity index (χ2v) is 7.67. The highest BCUT2D eigenvalue weighted by Gasteiger charge is 2.18. The molecule has 0 fully saturated rings. The molecule has 0 N–H and O–H groups in total. The molecule has 164 valence electrons. The molecule has 0 aliphatic heterocycles. The number of anilines is 1. The first-order chi connectivity index (χ1) is 16.1. The summed E-state index contributed by atoms with van der Waals surface area (Å²) in [6.45, 7) is 2.01. The van der Waals surface area contributed by atoms with Crippen molar-refractivity contribution in [3.8, 4) is 0 Å². The van der Waals surface area contributed by atoms with Gasteiger partial charge in [0.25, 0.3) is 5.91 Å². The summed E-state index contributed by atoms with van der Waals surface area (Å²) in [7, 11) is 0. The van der Waals surface area contributed by atoms with Crippen LogP contribution in [0.1, 0.15) is 16.7 Å². The van der Waals surface area contributed by atoms with Gasteiger partial charge in [0.15, 0.2) is 6.61 Å². The van der Waals surface area contributed by atoms with Crippen LogP contribution in [0.15, 0.2) is 97.2 Å². The molecule has 5 nitrogen and oxygen atoms in total. The fraction of sp³-hybridized carbons (Fsp3) is 0.107. The largest absolute Gasteiger partial charge is 0.452 e. The second-order valence-electron chi connectivity index (χ2n) is 7.67. The number of aryl methyl sites for hydroxylation is 1. The van der Waals surface area contributed by atoms with Crippen LogP contribution in [0, 0.1) is 6.92 Å². The summed E-state index contributed by atoms with van der Waals surface area (Å²) in [6, 6.07) is 27.0. The Morgan fingerprint density at radius 1 is 0.939 bits per heavy atom. The molecule has 0 aliphatic rings. The van der Waals surface area contributed by atoms with Gasteiger partial charge in [0.2, 0.25) is 0 Å². The van der Waals surface area contributed by atoms with Crippen LogP contribution in [0.3, 0.4) is 0 Å². The van der Waals surface area contributed by atoms with Crippen molar-refractivity contribution in [1.82, 2.24) is 4.98 Å². The minimum Gasteiger partial charge on any atom is -0.452 e. The number of rotatable bonds is 7. The molecule has 4 rings (SSSR count). The molecular formula is C28H24N2O3. The summed E-state index contributed by atoms with van der Waals surface area (Å²) < 4.78 is 5.27. The molecule has 0 saturated heterocycles. The molecule has 0 spiro atoms. The molecule has 1 amide bonds. The third-order valence-electron chi connectivity index (χ3n) is 5.20. The summed E-state index contributed by atoms with van der Waals surface area (Å²) in [4.78, 5) is 31.4. The van der Waals surface area contributed by atoms with Crippen molar-refractivity contribution >= 4 is 34.5 Å². The molecule has 0 aliphatic carbocycles. The SMILES string of the molecule is Cc1cccc(N(Cc2ccccc2)C(=O)COC(=O)/C=C/c2cccc3cccnc23)c1. The van der Waals surface area contributed by atoms with Crippen molar-refractivity contribution in [2.75, 3.05) is 11.5 Å². The lowest BCUT2D eigenvalue weighted by Gasteiger charge is -2.23. The average Bonchev–Trinajstić information content (AvgIpc) is 2.85. The number of carbonyl (C=O) groups excluding carboxylic acids is 2. The summed E-state index contributed by atoms with van der Waals surface area (Å²) in [5.74, 6) is -0.877. The van der Waals surface area contributed by atoms with Gasteiger partial charge in [0.05, 0.1) is 12.1 Å². The van der Waals surface area contributed by atoms with E-state index in [0.29, 0.717) is 6.54 Å². The number of fused-ring (bicyclic) bond motifs is 1. The molecule has 1 heterocycles. The van der Waals surface area contributed by atoms with E-state index in [0.717, 1.165) is 33.3 Å². The Morgan fingerprint density at radius 2 is 1.73 bits per heavy atom. The maximum atomic E-state index is 13.0. The highest BCUT2D eigenvalue weighted by Crippen LogP contribution is 2.20. The summed E-state index contributed by atoms with van der Waals surface area (Å²) >= 11 is 0. The van der Waals surface area contributed by atoms with E-state index < -0.39 is 5.97 Å². The third-order valence-corrected chi connectivity index (χ3v) is 5.20. The summed E-state index contributed by atoms with van der Waals surface area (Å²) in [5, 5.41) is 0.984. The second kappa shape index (κ2) is 10.4. The Kier molecular flexibility index (Phi) is 6.90. The van der Waals surface area contributed by atoms with E-state index in [1.54, 1.807) is 17.2 Å². The monoisotopic (exact) mass is 436 g/mol. The van der Waals surface area contributed by atoms with Crippen molar-refractivity contribution in [3.63, 3.8) is 0 Å². The molecular weight excluding hydrogens is 412 g/mol. The van der Waals surface area contributed by atoms with Crippen LogP contribution in [0.5, 0.6) is 0 Å². The van der Waals surface area contributed by atoms with Gasteiger partial charge < -0.3 is 9.64 Å². The van der Waals surface area contributed by atoms with Gasteiger partial charge in [-0.3, -0.25) is 9.78 Å². The number of hydrogen-bond donors (Lipinski definition) is 0. The lowest BCUT2D eigenvalue weighted by atomic mass is 10.1. The number of para-hydroxylation sites is 1. The zero-order valence-corrected chi connectivity index (χ0v) is 18.3. The lowest BCUT2D eigenvalue weighted by molar-refractivity contribution is -0.142. The number of amides is 1. The number of ether oxygens (including phenoxy) is 1. The van der Waals surface area contributed by atoms with Gasteiger partial charge in [0, 0.05) is 28.9 Å². The van der Waals surface area contributed by atoms with Crippen LogP contribution in [-0.4, -0.2) is 23.5 Å². The van der Waals surface area contributed by atoms with E-state index in [2.05, 4.69) is 4.98 Å². The van der Waals surface area contributed by atoms with Crippen molar-refractivity contribution in [1.29, 1.82) is 0 Å². The average molecular weight is 437 g/mol.